The standard InChI is InChI=1S/C22H38N6O/c1-23-21(27-13-14-29-20(17-27)19-15-25-26(2)16-19)24-18-22(9-5-3-6-10-22)28-11-7-4-8-12-28/h15-16,20H,3-14,17-18H2,1-2H3,(H,23,24). The number of aliphatic imine (C=N–C) groups is 1. The first-order valence-electron chi connectivity index (χ1n) is 11.5. The van der Waals surface area contributed by atoms with Gasteiger partial charge < -0.3 is 15.0 Å². The van der Waals surface area contributed by atoms with Crippen molar-refractivity contribution in [3.8, 4) is 0 Å². The van der Waals surface area contributed by atoms with E-state index < -0.39 is 0 Å². The Morgan fingerprint density at radius 1 is 1.17 bits per heavy atom. The summed E-state index contributed by atoms with van der Waals surface area (Å²) < 4.78 is 7.87. The van der Waals surface area contributed by atoms with Crippen molar-refractivity contribution in [3.63, 3.8) is 0 Å². The second-order valence-electron chi connectivity index (χ2n) is 8.99. The van der Waals surface area contributed by atoms with Gasteiger partial charge in [0.25, 0.3) is 0 Å². The third kappa shape index (κ3) is 4.77. The number of morpholine rings is 1. The number of nitrogens with zero attached hydrogens (tertiary/aromatic N) is 5. The summed E-state index contributed by atoms with van der Waals surface area (Å²) in [5.74, 6) is 1.02. The lowest BCUT2D eigenvalue weighted by atomic mass is 9.79. The van der Waals surface area contributed by atoms with Gasteiger partial charge in [0.2, 0.25) is 0 Å². The highest BCUT2D eigenvalue weighted by atomic mass is 16.5. The molecule has 162 valence electrons. The molecule has 0 bridgehead atoms. The molecule has 3 heterocycles. The third-order valence-corrected chi connectivity index (χ3v) is 7.06. The molecule has 7 nitrogen and oxygen atoms in total. The molecular formula is C22H38N6O. The summed E-state index contributed by atoms with van der Waals surface area (Å²) in [6.07, 6.45) is 14.9. The lowest BCUT2D eigenvalue weighted by Crippen LogP contribution is -2.60. The third-order valence-electron chi connectivity index (χ3n) is 7.06. The second kappa shape index (κ2) is 9.47. The Morgan fingerprint density at radius 3 is 2.62 bits per heavy atom. The number of hydrogen-bond donors (Lipinski definition) is 1. The van der Waals surface area contributed by atoms with Gasteiger partial charge in [0, 0.05) is 44.5 Å². The molecule has 29 heavy (non-hydrogen) atoms. The predicted molar refractivity (Wildman–Crippen MR) is 116 cm³/mol. The van der Waals surface area contributed by atoms with Crippen molar-refractivity contribution in [2.45, 2.75) is 63.0 Å². The monoisotopic (exact) mass is 402 g/mol. The Hall–Kier alpha value is -1.60. The summed E-state index contributed by atoms with van der Waals surface area (Å²) >= 11 is 0. The number of aromatic nitrogens is 2. The highest BCUT2D eigenvalue weighted by Crippen LogP contribution is 2.35. The van der Waals surface area contributed by atoms with Gasteiger partial charge in [-0.3, -0.25) is 14.6 Å². The van der Waals surface area contributed by atoms with Crippen molar-refractivity contribution in [1.82, 2.24) is 24.9 Å². The Kier molecular flexibility index (Phi) is 6.75. The number of nitrogens with one attached hydrogen (secondary N) is 1. The summed E-state index contributed by atoms with van der Waals surface area (Å²) in [6.45, 7) is 5.96. The smallest absolute Gasteiger partial charge is 0.193 e. The molecule has 0 radical (unpaired) electrons. The molecule has 1 atom stereocenters. The van der Waals surface area contributed by atoms with Crippen LogP contribution < -0.4 is 5.32 Å². The molecule has 4 rings (SSSR count). The quantitative estimate of drug-likeness (QED) is 0.620. The molecule has 2 aliphatic heterocycles. The number of likely N-dealkylation sites (tertiary alicyclic amines) is 1. The van der Waals surface area contributed by atoms with Crippen LogP contribution in [0, 0.1) is 0 Å². The van der Waals surface area contributed by atoms with E-state index in [-0.39, 0.29) is 6.10 Å². The summed E-state index contributed by atoms with van der Waals surface area (Å²) in [5, 5.41) is 8.09. The number of rotatable bonds is 4. The average Bonchev–Trinajstić information content (AvgIpc) is 3.22. The van der Waals surface area contributed by atoms with E-state index in [4.69, 9.17) is 4.74 Å². The molecule has 1 aliphatic carbocycles. The first kappa shape index (κ1) is 20.7. The van der Waals surface area contributed by atoms with Crippen LogP contribution in [0.2, 0.25) is 0 Å². The zero-order valence-electron chi connectivity index (χ0n) is 18.3. The Bertz CT molecular complexity index is 675. The lowest BCUT2D eigenvalue weighted by Gasteiger charge is -2.49. The first-order valence-corrected chi connectivity index (χ1v) is 11.5. The van der Waals surface area contributed by atoms with Gasteiger partial charge in [-0.15, -0.1) is 0 Å². The highest BCUT2D eigenvalue weighted by molar-refractivity contribution is 5.80. The second-order valence-corrected chi connectivity index (χ2v) is 8.99. The summed E-state index contributed by atoms with van der Waals surface area (Å²) in [6, 6.07) is 0. The zero-order valence-corrected chi connectivity index (χ0v) is 18.3. The van der Waals surface area contributed by atoms with Crippen LogP contribution in [0.15, 0.2) is 17.4 Å². The molecule has 0 aromatic carbocycles. The fourth-order valence-electron chi connectivity index (χ4n) is 5.41. The molecule has 2 saturated heterocycles. The Morgan fingerprint density at radius 2 is 1.93 bits per heavy atom. The van der Waals surface area contributed by atoms with E-state index in [0.29, 0.717) is 5.54 Å². The SMILES string of the molecule is CN=C(NCC1(N2CCCCC2)CCCCC1)N1CCOC(c2cnn(C)c2)C1. The van der Waals surface area contributed by atoms with Crippen LogP contribution >= 0.6 is 0 Å². The van der Waals surface area contributed by atoms with Gasteiger partial charge in [-0.05, 0) is 38.8 Å². The van der Waals surface area contributed by atoms with E-state index in [0.717, 1.165) is 37.8 Å². The highest BCUT2D eigenvalue weighted by Gasteiger charge is 2.38. The average molecular weight is 403 g/mol. The van der Waals surface area contributed by atoms with E-state index in [1.54, 1.807) is 0 Å². The van der Waals surface area contributed by atoms with Crippen LogP contribution in [0.25, 0.3) is 0 Å². The molecule has 3 aliphatic rings. The minimum Gasteiger partial charge on any atom is -0.370 e. The minimum atomic E-state index is 0.0572. The van der Waals surface area contributed by atoms with E-state index >= 15 is 0 Å². The molecule has 1 N–H and O–H groups in total. The van der Waals surface area contributed by atoms with Crippen LogP contribution in [-0.4, -0.2) is 77.5 Å². The topological polar surface area (TPSA) is 57.9 Å². The zero-order chi connectivity index (χ0) is 20.1. The van der Waals surface area contributed by atoms with Crippen LogP contribution in [-0.2, 0) is 11.8 Å². The molecule has 7 heteroatoms. The van der Waals surface area contributed by atoms with Crippen LogP contribution in [0.3, 0.4) is 0 Å². The van der Waals surface area contributed by atoms with E-state index in [1.165, 1.54) is 64.5 Å². The fourth-order valence-corrected chi connectivity index (χ4v) is 5.41. The molecule has 0 spiro atoms. The normalized spacial score (nSPS) is 26.5. The van der Waals surface area contributed by atoms with Crippen molar-refractivity contribution < 1.29 is 4.74 Å². The van der Waals surface area contributed by atoms with E-state index in [9.17, 15) is 0 Å². The molecule has 0 amide bonds. The summed E-state index contributed by atoms with van der Waals surface area (Å²) in [5.41, 5.74) is 1.45. The van der Waals surface area contributed by atoms with Crippen molar-refractivity contribution in [3.05, 3.63) is 18.0 Å². The molecule has 3 fully saturated rings. The summed E-state index contributed by atoms with van der Waals surface area (Å²) in [7, 11) is 3.86. The molecule has 1 saturated carbocycles. The van der Waals surface area contributed by atoms with Gasteiger partial charge in [-0.2, -0.15) is 5.10 Å². The van der Waals surface area contributed by atoms with Gasteiger partial charge in [0.05, 0.1) is 19.3 Å². The van der Waals surface area contributed by atoms with Crippen molar-refractivity contribution in [1.29, 1.82) is 0 Å². The van der Waals surface area contributed by atoms with Gasteiger partial charge >= 0.3 is 0 Å². The fraction of sp³-hybridized carbons (Fsp3) is 0.818. The van der Waals surface area contributed by atoms with Crippen LogP contribution in [0.5, 0.6) is 0 Å². The van der Waals surface area contributed by atoms with Crippen molar-refractivity contribution >= 4 is 5.96 Å². The number of hydrogen-bond acceptors (Lipinski definition) is 4. The van der Waals surface area contributed by atoms with Gasteiger partial charge in [-0.1, -0.05) is 25.7 Å². The van der Waals surface area contributed by atoms with E-state index in [2.05, 4.69) is 31.4 Å². The van der Waals surface area contributed by atoms with Gasteiger partial charge in [0.15, 0.2) is 5.96 Å². The number of guanidine groups is 1. The number of aryl methyl sites for hydroxylation is 1. The van der Waals surface area contributed by atoms with E-state index in [1.807, 2.05) is 25.0 Å². The van der Waals surface area contributed by atoms with Gasteiger partial charge in [-0.25, -0.2) is 0 Å². The molecule has 1 unspecified atom stereocenters. The van der Waals surface area contributed by atoms with Crippen LogP contribution in [0.4, 0.5) is 0 Å². The lowest BCUT2D eigenvalue weighted by molar-refractivity contribution is -0.00896. The molecular weight excluding hydrogens is 364 g/mol. The van der Waals surface area contributed by atoms with Crippen LogP contribution in [0.1, 0.15) is 63.0 Å². The first-order chi connectivity index (χ1) is 14.2. The predicted octanol–water partition coefficient (Wildman–Crippen LogP) is 2.56. The van der Waals surface area contributed by atoms with Gasteiger partial charge in [0.1, 0.15) is 6.10 Å². The summed E-state index contributed by atoms with van der Waals surface area (Å²) in [4.78, 5) is 9.80. The maximum Gasteiger partial charge on any atom is 0.193 e. The largest absolute Gasteiger partial charge is 0.370 e. The minimum absolute atomic E-state index is 0.0572. The van der Waals surface area contributed by atoms with Crippen molar-refractivity contribution in [2.24, 2.45) is 12.0 Å². The Balaban J connectivity index is 1.40. The number of ether oxygens (including phenoxy) is 1. The maximum atomic E-state index is 6.03. The maximum absolute atomic E-state index is 6.03. The molecule has 1 aromatic heterocycles. The number of piperidine rings is 1. The van der Waals surface area contributed by atoms with Crippen molar-refractivity contribution in [2.75, 3.05) is 46.4 Å². The Labute approximate surface area is 175 Å². The molecule has 1 aromatic rings.